The van der Waals surface area contributed by atoms with Gasteiger partial charge >= 0.3 is 5.97 Å². The van der Waals surface area contributed by atoms with E-state index in [1.54, 1.807) is 38.1 Å². The van der Waals surface area contributed by atoms with Gasteiger partial charge in [-0.25, -0.2) is 8.42 Å². The van der Waals surface area contributed by atoms with E-state index in [1.807, 2.05) is 0 Å². The van der Waals surface area contributed by atoms with Crippen molar-refractivity contribution in [2.75, 3.05) is 13.1 Å². The Morgan fingerprint density at radius 2 is 1.73 bits per heavy atom. The predicted molar refractivity (Wildman–Crippen MR) is 97.2 cm³/mol. The molecule has 0 radical (unpaired) electrons. The molecule has 1 aromatic rings. The van der Waals surface area contributed by atoms with Gasteiger partial charge in [0, 0.05) is 25.6 Å². The van der Waals surface area contributed by atoms with Crippen molar-refractivity contribution in [3.63, 3.8) is 0 Å². The number of carboxylic acids is 1. The highest BCUT2D eigenvalue weighted by Gasteiger charge is 2.27. The molecule has 1 amide bonds. The topological polar surface area (TPSA) is 104 Å². The van der Waals surface area contributed by atoms with Crippen LogP contribution in [0.5, 0.6) is 0 Å². The molecular formula is C18H26N2O5S. The molecule has 1 saturated heterocycles. The standard InChI is InChI=1S/C18H26N2O5S/c1-13(18(22)23)14(2)19-17(21)10-7-15-5-8-16(9-6-15)26(24,25)20-11-3-4-12-20/h5-6,8-9,13-14H,3-4,7,10-12H2,1-2H3,(H,19,21)(H,22,23). The Morgan fingerprint density at radius 3 is 2.27 bits per heavy atom. The first-order valence-corrected chi connectivity index (χ1v) is 10.3. The van der Waals surface area contributed by atoms with E-state index in [2.05, 4.69) is 5.32 Å². The molecule has 0 aliphatic carbocycles. The minimum Gasteiger partial charge on any atom is -0.481 e. The van der Waals surface area contributed by atoms with Crippen LogP contribution in [0, 0.1) is 5.92 Å². The Balaban J connectivity index is 1.89. The van der Waals surface area contributed by atoms with E-state index in [0.29, 0.717) is 19.5 Å². The quantitative estimate of drug-likeness (QED) is 0.711. The van der Waals surface area contributed by atoms with E-state index in [-0.39, 0.29) is 17.2 Å². The molecule has 7 nitrogen and oxygen atoms in total. The fraction of sp³-hybridized carbons (Fsp3) is 0.556. The summed E-state index contributed by atoms with van der Waals surface area (Å²) in [4.78, 5) is 23.1. The summed E-state index contributed by atoms with van der Waals surface area (Å²) in [6.07, 6.45) is 2.47. The molecule has 2 atom stereocenters. The minimum absolute atomic E-state index is 0.217. The second kappa shape index (κ2) is 8.64. The number of hydrogen-bond acceptors (Lipinski definition) is 4. The van der Waals surface area contributed by atoms with Crippen LogP contribution in [0.2, 0.25) is 0 Å². The van der Waals surface area contributed by atoms with Crippen LogP contribution in [-0.4, -0.2) is 48.8 Å². The Labute approximate surface area is 154 Å². The molecule has 2 N–H and O–H groups in total. The molecule has 0 aromatic heterocycles. The molecule has 8 heteroatoms. The van der Waals surface area contributed by atoms with Crippen molar-refractivity contribution in [2.24, 2.45) is 5.92 Å². The van der Waals surface area contributed by atoms with Gasteiger partial charge in [-0.2, -0.15) is 4.31 Å². The molecule has 1 fully saturated rings. The maximum atomic E-state index is 12.5. The highest BCUT2D eigenvalue weighted by atomic mass is 32.2. The summed E-state index contributed by atoms with van der Waals surface area (Å²) < 4.78 is 26.4. The van der Waals surface area contributed by atoms with Crippen LogP contribution < -0.4 is 5.32 Å². The van der Waals surface area contributed by atoms with Crippen LogP contribution in [0.25, 0.3) is 0 Å². The molecule has 0 bridgehead atoms. The number of amides is 1. The number of hydrogen-bond donors (Lipinski definition) is 2. The van der Waals surface area contributed by atoms with Crippen LogP contribution >= 0.6 is 0 Å². The number of nitrogens with zero attached hydrogens (tertiary/aromatic N) is 1. The predicted octanol–water partition coefficient (Wildman–Crippen LogP) is 1.63. The first-order valence-electron chi connectivity index (χ1n) is 8.83. The van der Waals surface area contributed by atoms with E-state index < -0.39 is 28.0 Å². The average molecular weight is 382 g/mol. The number of carbonyl (C=O) groups excluding carboxylic acids is 1. The van der Waals surface area contributed by atoms with Gasteiger partial charge in [-0.05, 0) is 50.8 Å². The van der Waals surface area contributed by atoms with Crippen LogP contribution in [0.15, 0.2) is 29.2 Å². The van der Waals surface area contributed by atoms with Crippen molar-refractivity contribution in [2.45, 2.75) is 50.5 Å². The number of benzene rings is 1. The van der Waals surface area contributed by atoms with E-state index in [0.717, 1.165) is 18.4 Å². The maximum Gasteiger partial charge on any atom is 0.308 e. The molecule has 0 spiro atoms. The highest BCUT2D eigenvalue weighted by Crippen LogP contribution is 2.21. The number of aryl methyl sites for hydroxylation is 1. The molecule has 0 saturated carbocycles. The third kappa shape index (κ3) is 5.04. The summed E-state index contributed by atoms with van der Waals surface area (Å²) in [5, 5.41) is 11.6. The SMILES string of the molecule is CC(NC(=O)CCc1ccc(S(=O)(=O)N2CCCC2)cc1)C(C)C(=O)O. The fourth-order valence-corrected chi connectivity index (χ4v) is 4.35. The summed E-state index contributed by atoms with van der Waals surface area (Å²) in [7, 11) is -3.42. The molecule has 1 aliphatic rings. The second-order valence-electron chi connectivity index (χ2n) is 6.74. The van der Waals surface area contributed by atoms with Gasteiger partial charge in [-0.3, -0.25) is 9.59 Å². The normalized spacial score (nSPS) is 17.6. The van der Waals surface area contributed by atoms with Gasteiger partial charge in [-0.1, -0.05) is 12.1 Å². The number of rotatable bonds is 8. The lowest BCUT2D eigenvalue weighted by Crippen LogP contribution is -2.40. The number of carbonyl (C=O) groups is 2. The van der Waals surface area contributed by atoms with Crippen molar-refractivity contribution in [3.05, 3.63) is 29.8 Å². The van der Waals surface area contributed by atoms with Crippen molar-refractivity contribution < 1.29 is 23.1 Å². The summed E-state index contributed by atoms with van der Waals surface area (Å²) in [5.41, 5.74) is 0.861. The van der Waals surface area contributed by atoms with Crippen molar-refractivity contribution >= 4 is 21.9 Å². The monoisotopic (exact) mass is 382 g/mol. The Hall–Kier alpha value is -1.93. The zero-order chi connectivity index (χ0) is 19.3. The van der Waals surface area contributed by atoms with E-state index in [4.69, 9.17) is 5.11 Å². The zero-order valence-electron chi connectivity index (χ0n) is 15.1. The van der Waals surface area contributed by atoms with Gasteiger partial charge < -0.3 is 10.4 Å². The van der Waals surface area contributed by atoms with Gasteiger partial charge in [0.15, 0.2) is 0 Å². The first kappa shape index (κ1) is 20.4. The summed E-state index contributed by atoms with van der Waals surface area (Å²) in [6, 6.07) is 6.15. The average Bonchev–Trinajstić information content (AvgIpc) is 3.15. The first-order chi connectivity index (χ1) is 12.2. The lowest BCUT2D eigenvalue weighted by Gasteiger charge is -2.18. The number of aliphatic carboxylic acids is 1. The molecule has 144 valence electrons. The Kier molecular flexibility index (Phi) is 6.77. The van der Waals surface area contributed by atoms with Crippen molar-refractivity contribution in [1.29, 1.82) is 0 Å². The molecule has 1 aromatic carbocycles. The number of nitrogens with one attached hydrogen (secondary N) is 1. The molecule has 2 rings (SSSR count). The molecule has 2 unspecified atom stereocenters. The largest absolute Gasteiger partial charge is 0.481 e. The highest BCUT2D eigenvalue weighted by molar-refractivity contribution is 7.89. The van der Waals surface area contributed by atoms with E-state index in [1.165, 1.54) is 4.31 Å². The third-order valence-electron chi connectivity index (χ3n) is 4.80. The number of sulfonamides is 1. The fourth-order valence-electron chi connectivity index (χ4n) is 2.83. The Bertz CT molecular complexity index is 739. The molecule has 1 heterocycles. The summed E-state index contributed by atoms with van der Waals surface area (Å²) in [6.45, 7) is 4.34. The van der Waals surface area contributed by atoms with Crippen LogP contribution in [-0.2, 0) is 26.0 Å². The minimum atomic E-state index is -3.42. The lowest BCUT2D eigenvalue weighted by atomic mass is 10.0. The maximum absolute atomic E-state index is 12.5. The smallest absolute Gasteiger partial charge is 0.308 e. The summed E-state index contributed by atoms with van der Waals surface area (Å²) >= 11 is 0. The second-order valence-corrected chi connectivity index (χ2v) is 8.68. The van der Waals surface area contributed by atoms with Crippen LogP contribution in [0.1, 0.15) is 38.7 Å². The van der Waals surface area contributed by atoms with E-state index in [9.17, 15) is 18.0 Å². The Morgan fingerprint density at radius 1 is 1.15 bits per heavy atom. The van der Waals surface area contributed by atoms with Crippen molar-refractivity contribution in [3.8, 4) is 0 Å². The van der Waals surface area contributed by atoms with E-state index >= 15 is 0 Å². The van der Waals surface area contributed by atoms with Gasteiger partial charge in [0.2, 0.25) is 15.9 Å². The van der Waals surface area contributed by atoms with Crippen LogP contribution in [0.3, 0.4) is 0 Å². The van der Waals surface area contributed by atoms with Gasteiger partial charge in [0.25, 0.3) is 0 Å². The number of carboxylic acid groups (broad SMARTS) is 1. The third-order valence-corrected chi connectivity index (χ3v) is 6.71. The molecule has 26 heavy (non-hydrogen) atoms. The van der Waals surface area contributed by atoms with Crippen LogP contribution in [0.4, 0.5) is 0 Å². The summed E-state index contributed by atoms with van der Waals surface area (Å²) in [5.74, 6) is -1.83. The molecular weight excluding hydrogens is 356 g/mol. The zero-order valence-corrected chi connectivity index (χ0v) is 16.0. The van der Waals surface area contributed by atoms with Gasteiger partial charge in [0.1, 0.15) is 0 Å². The van der Waals surface area contributed by atoms with Gasteiger partial charge in [-0.15, -0.1) is 0 Å². The van der Waals surface area contributed by atoms with Crippen molar-refractivity contribution in [1.82, 2.24) is 9.62 Å². The molecule has 1 aliphatic heterocycles. The van der Waals surface area contributed by atoms with Gasteiger partial charge in [0.05, 0.1) is 10.8 Å². The lowest BCUT2D eigenvalue weighted by molar-refractivity contribution is -0.142.